The van der Waals surface area contributed by atoms with Crippen LogP contribution in [0.25, 0.3) is 0 Å². The Morgan fingerprint density at radius 1 is 1.03 bits per heavy atom. The van der Waals surface area contributed by atoms with Crippen LogP contribution < -0.4 is 0 Å². The van der Waals surface area contributed by atoms with Gasteiger partial charge in [0, 0.05) is 13.1 Å². The van der Waals surface area contributed by atoms with E-state index in [1.807, 2.05) is 42.2 Å². The molecule has 30 heavy (non-hydrogen) atoms. The summed E-state index contributed by atoms with van der Waals surface area (Å²) in [7, 11) is 0. The molecule has 0 saturated carbocycles. The molecule has 1 saturated heterocycles. The Bertz CT molecular complexity index is 937. The summed E-state index contributed by atoms with van der Waals surface area (Å²) in [5, 5.41) is 8.46. The zero-order valence-corrected chi connectivity index (χ0v) is 18.1. The number of hydrogen-bond donors (Lipinski definition) is 0. The maximum atomic E-state index is 12.9. The molecule has 0 N–H and O–H groups in total. The average molecular weight is 422 g/mol. The second-order valence-corrected chi connectivity index (χ2v) is 9.13. The van der Waals surface area contributed by atoms with Crippen molar-refractivity contribution in [1.29, 1.82) is 0 Å². The first-order valence-corrected chi connectivity index (χ1v) is 11.4. The first kappa shape index (κ1) is 20.7. The van der Waals surface area contributed by atoms with E-state index < -0.39 is 0 Å². The van der Waals surface area contributed by atoms with E-state index in [-0.39, 0.29) is 11.2 Å². The molecule has 0 radical (unpaired) electrons. The molecule has 0 aliphatic carbocycles. The second kappa shape index (κ2) is 9.94. The van der Waals surface area contributed by atoms with Crippen LogP contribution >= 0.6 is 11.8 Å². The number of thioether (sulfide) groups is 1. The highest BCUT2D eigenvalue weighted by Crippen LogP contribution is 2.27. The topological polar surface area (TPSA) is 59.2 Å². The molecule has 1 amide bonds. The fourth-order valence-electron chi connectivity index (χ4n) is 3.89. The molecule has 1 aliphatic rings. The number of carbonyl (C=O) groups is 1. The summed E-state index contributed by atoms with van der Waals surface area (Å²) in [5.41, 5.74) is 2.51. The number of carbonyl (C=O) groups excluding carboxylic acids is 1. The Balaban J connectivity index is 1.25. The summed E-state index contributed by atoms with van der Waals surface area (Å²) in [6.45, 7) is 3.57. The van der Waals surface area contributed by atoms with E-state index in [9.17, 15) is 4.79 Å². The minimum absolute atomic E-state index is 0.154. The van der Waals surface area contributed by atoms with Gasteiger partial charge in [0.2, 0.25) is 11.8 Å². The number of nitrogens with zero attached hydrogens (tertiary/aromatic N) is 3. The fraction of sp³-hybridized carbons (Fsp3) is 0.375. The maximum absolute atomic E-state index is 12.9. The van der Waals surface area contributed by atoms with Crippen LogP contribution in [0.3, 0.4) is 0 Å². The molecule has 3 aromatic rings. The maximum Gasteiger partial charge on any atom is 0.277 e. The number of aromatic nitrogens is 2. The molecule has 2 heterocycles. The minimum atomic E-state index is -0.235. The molecule has 1 atom stereocenters. The third kappa shape index (κ3) is 5.51. The van der Waals surface area contributed by atoms with Crippen LogP contribution in [-0.2, 0) is 17.6 Å². The van der Waals surface area contributed by atoms with Crippen LogP contribution in [-0.4, -0.2) is 39.3 Å². The van der Waals surface area contributed by atoms with Crippen molar-refractivity contribution in [2.24, 2.45) is 5.92 Å². The first-order valence-electron chi connectivity index (χ1n) is 10.5. The van der Waals surface area contributed by atoms with Gasteiger partial charge in [0.15, 0.2) is 0 Å². The Hall–Kier alpha value is -2.60. The predicted molar refractivity (Wildman–Crippen MR) is 118 cm³/mol. The van der Waals surface area contributed by atoms with Gasteiger partial charge in [-0.3, -0.25) is 4.79 Å². The van der Waals surface area contributed by atoms with E-state index in [1.54, 1.807) is 0 Å². The zero-order chi connectivity index (χ0) is 20.8. The number of piperidine rings is 1. The van der Waals surface area contributed by atoms with Crippen molar-refractivity contribution in [3.8, 4) is 0 Å². The third-order valence-corrected chi connectivity index (χ3v) is 6.49. The van der Waals surface area contributed by atoms with E-state index in [2.05, 4.69) is 40.5 Å². The molecular weight excluding hydrogens is 394 g/mol. The molecule has 1 aromatic heterocycles. The molecule has 1 unspecified atom stereocenters. The van der Waals surface area contributed by atoms with Crippen molar-refractivity contribution in [2.75, 3.05) is 13.1 Å². The zero-order valence-electron chi connectivity index (χ0n) is 17.2. The lowest BCUT2D eigenvalue weighted by molar-refractivity contribution is -0.131. The van der Waals surface area contributed by atoms with E-state index in [0.29, 0.717) is 23.5 Å². The molecule has 0 spiro atoms. The van der Waals surface area contributed by atoms with Gasteiger partial charge in [0.1, 0.15) is 0 Å². The first-order chi connectivity index (χ1) is 14.7. The van der Waals surface area contributed by atoms with Gasteiger partial charge in [0.05, 0.1) is 11.7 Å². The lowest BCUT2D eigenvalue weighted by atomic mass is 9.90. The Labute approximate surface area is 181 Å². The fourth-order valence-corrected chi connectivity index (χ4v) is 4.68. The molecule has 0 bridgehead atoms. The van der Waals surface area contributed by atoms with Gasteiger partial charge in [-0.25, -0.2) is 0 Å². The van der Waals surface area contributed by atoms with E-state index in [4.69, 9.17) is 4.42 Å². The Morgan fingerprint density at radius 2 is 1.67 bits per heavy atom. The van der Waals surface area contributed by atoms with Gasteiger partial charge >= 0.3 is 0 Å². The van der Waals surface area contributed by atoms with Crippen molar-refractivity contribution in [2.45, 2.75) is 43.1 Å². The second-order valence-electron chi connectivity index (χ2n) is 7.84. The van der Waals surface area contributed by atoms with E-state index in [0.717, 1.165) is 37.9 Å². The van der Waals surface area contributed by atoms with E-state index >= 15 is 0 Å². The monoisotopic (exact) mass is 421 g/mol. The van der Waals surface area contributed by atoms with Gasteiger partial charge in [-0.05, 0) is 43.2 Å². The van der Waals surface area contributed by atoms with Crippen LogP contribution in [0.2, 0.25) is 0 Å². The standard InChI is InChI=1S/C24H27N3O2S/c1-18(30-24-26-25-22(29-24)17-20-10-6-3-7-11-20)23(28)27-14-12-21(13-15-27)16-19-8-4-2-5-9-19/h2-11,18,21H,12-17H2,1H3. The minimum Gasteiger partial charge on any atom is -0.416 e. The van der Waals surface area contributed by atoms with Crippen molar-refractivity contribution in [3.63, 3.8) is 0 Å². The number of likely N-dealkylation sites (tertiary alicyclic amines) is 1. The molecule has 6 heteroatoms. The molecule has 5 nitrogen and oxygen atoms in total. The van der Waals surface area contributed by atoms with Crippen molar-refractivity contribution >= 4 is 17.7 Å². The van der Waals surface area contributed by atoms with Crippen LogP contribution in [0, 0.1) is 5.92 Å². The smallest absolute Gasteiger partial charge is 0.277 e. The molecule has 2 aromatic carbocycles. The molecule has 1 aliphatic heterocycles. The highest BCUT2D eigenvalue weighted by molar-refractivity contribution is 8.00. The number of rotatable bonds is 7. The predicted octanol–water partition coefficient (Wildman–Crippen LogP) is 4.62. The summed E-state index contributed by atoms with van der Waals surface area (Å²) in [6, 6.07) is 20.6. The highest BCUT2D eigenvalue weighted by Gasteiger charge is 2.27. The van der Waals surface area contributed by atoms with Gasteiger partial charge in [-0.1, -0.05) is 72.4 Å². The Morgan fingerprint density at radius 3 is 2.33 bits per heavy atom. The van der Waals surface area contributed by atoms with Crippen LogP contribution in [0.15, 0.2) is 70.3 Å². The lowest BCUT2D eigenvalue weighted by Crippen LogP contribution is -2.42. The van der Waals surface area contributed by atoms with Gasteiger partial charge in [-0.15, -0.1) is 10.2 Å². The summed E-state index contributed by atoms with van der Waals surface area (Å²) in [5.74, 6) is 1.38. The molecular formula is C24H27N3O2S. The third-order valence-electron chi connectivity index (χ3n) is 5.57. The van der Waals surface area contributed by atoms with Gasteiger partial charge in [-0.2, -0.15) is 0 Å². The largest absolute Gasteiger partial charge is 0.416 e. The normalized spacial score (nSPS) is 15.8. The number of hydrogen-bond acceptors (Lipinski definition) is 5. The van der Waals surface area contributed by atoms with Gasteiger partial charge < -0.3 is 9.32 Å². The number of amides is 1. The average Bonchev–Trinajstić information content (AvgIpc) is 3.22. The van der Waals surface area contributed by atoms with Crippen molar-refractivity contribution < 1.29 is 9.21 Å². The van der Waals surface area contributed by atoms with Crippen LogP contribution in [0.5, 0.6) is 0 Å². The van der Waals surface area contributed by atoms with Gasteiger partial charge in [0.25, 0.3) is 5.22 Å². The molecule has 156 valence electrons. The number of benzene rings is 2. The Kier molecular flexibility index (Phi) is 6.84. The quantitative estimate of drug-likeness (QED) is 0.521. The molecule has 4 rings (SSSR count). The molecule has 1 fully saturated rings. The summed E-state index contributed by atoms with van der Waals surface area (Å²) in [4.78, 5) is 14.9. The van der Waals surface area contributed by atoms with Crippen LogP contribution in [0.4, 0.5) is 0 Å². The SMILES string of the molecule is CC(Sc1nnc(Cc2ccccc2)o1)C(=O)N1CCC(Cc2ccccc2)CC1. The summed E-state index contributed by atoms with van der Waals surface area (Å²) >= 11 is 1.35. The van der Waals surface area contributed by atoms with Crippen molar-refractivity contribution in [1.82, 2.24) is 15.1 Å². The summed E-state index contributed by atoms with van der Waals surface area (Å²) < 4.78 is 5.75. The van der Waals surface area contributed by atoms with E-state index in [1.165, 1.54) is 17.3 Å². The highest BCUT2D eigenvalue weighted by atomic mass is 32.2. The lowest BCUT2D eigenvalue weighted by Gasteiger charge is -2.33. The summed E-state index contributed by atoms with van der Waals surface area (Å²) in [6.07, 6.45) is 3.81. The van der Waals surface area contributed by atoms with Crippen molar-refractivity contribution in [3.05, 3.63) is 77.7 Å². The van der Waals surface area contributed by atoms with Crippen LogP contribution in [0.1, 0.15) is 36.8 Å².